The minimum Gasteiger partial charge on any atom is -0.347 e. The third kappa shape index (κ3) is 4.97. The van der Waals surface area contributed by atoms with Gasteiger partial charge in [0, 0.05) is 16.1 Å². The maximum absolute atomic E-state index is 12.5. The van der Waals surface area contributed by atoms with E-state index in [1.165, 1.54) is 24.3 Å². The molecule has 5 nitrogen and oxygen atoms in total. The van der Waals surface area contributed by atoms with Crippen molar-refractivity contribution in [3.8, 4) is 0 Å². The summed E-state index contributed by atoms with van der Waals surface area (Å²) in [6.07, 6.45) is 0. The molecular weight excluding hydrogens is 348 g/mol. The van der Waals surface area contributed by atoms with Crippen LogP contribution >= 0.6 is 11.6 Å². The normalized spacial score (nSPS) is 11.8. The van der Waals surface area contributed by atoms with Gasteiger partial charge in [-0.1, -0.05) is 23.7 Å². The fourth-order valence-corrected chi connectivity index (χ4v) is 3.27. The van der Waals surface area contributed by atoms with Crippen molar-refractivity contribution >= 4 is 33.2 Å². The summed E-state index contributed by atoms with van der Waals surface area (Å²) in [4.78, 5) is 12.2. The van der Waals surface area contributed by atoms with Gasteiger partial charge in [-0.2, -0.15) is 0 Å². The summed E-state index contributed by atoms with van der Waals surface area (Å²) in [5, 5.41) is 3.22. The van der Waals surface area contributed by atoms with E-state index in [1.54, 1.807) is 24.3 Å². The third-order valence-corrected chi connectivity index (χ3v) is 4.59. The number of anilines is 1. The van der Waals surface area contributed by atoms with Crippen LogP contribution in [-0.4, -0.2) is 19.9 Å². The van der Waals surface area contributed by atoms with E-state index in [-0.39, 0.29) is 16.4 Å². The lowest BCUT2D eigenvalue weighted by atomic mass is 10.1. The number of carbonyl (C=O) groups excluding carboxylic acids is 1. The van der Waals surface area contributed by atoms with Gasteiger partial charge in [-0.25, -0.2) is 8.42 Å². The maximum atomic E-state index is 12.5. The van der Waals surface area contributed by atoms with Crippen LogP contribution in [0.15, 0.2) is 53.4 Å². The molecule has 0 bridgehead atoms. The zero-order chi connectivity index (χ0) is 18.0. The number of hydrogen-bond acceptors (Lipinski definition) is 3. The fourth-order valence-electron chi connectivity index (χ4n) is 1.98. The van der Waals surface area contributed by atoms with Crippen molar-refractivity contribution < 1.29 is 13.2 Å². The smallest absolute Gasteiger partial charge is 0.261 e. The molecule has 0 fully saturated rings. The summed E-state index contributed by atoms with van der Waals surface area (Å²) in [6.45, 7) is 5.56. The van der Waals surface area contributed by atoms with Crippen LogP contribution in [0.2, 0.25) is 5.02 Å². The monoisotopic (exact) mass is 366 g/mol. The summed E-state index contributed by atoms with van der Waals surface area (Å²) in [7, 11) is -3.82. The zero-order valence-electron chi connectivity index (χ0n) is 13.6. The van der Waals surface area contributed by atoms with Crippen molar-refractivity contribution in [1.82, 2.24) is 5.32 Å². The average molecular weight is 367 g/mol. The SMILES string of the molecule is CC(C)(C)NC(=O)c1cccc(S(=O)(=O)Nc2cccc(Cl)c2)c1. The van der Waals surface area contributed by atoms with Crippen molar-refractivity contribution in [2.24, 2.45) is 0 Å². The molecule has 128 valence electrons. The molecule has 0 radical (unpaired) electrons. The largest absolute Gasteiger partial charge is 0.347 e. The van der Waals surface area contributed by atoms with Crippen LogP contribution in [0.3, 0.4) is 0 Å². The van der Waals surface area contributed by atoms with Crippen molar-refractivity contribution in [3.63, 3.8) is 0 Å². The molecule has 0 atom stereocenters. The molecule has 0 aliphatic carbocycles. The molecular formula is C17H19ClN2O3S. The van der Waals surface area contributed by atoms with Crippen LogP contribution in [0.5, 0.6) is 0 Å². The van der Waals surface area contributed by atoms with E-state index in [4.69, 9.17) is 11.6 Å². The first-order valence-corrected chi connectivity index (χ1v) is 9.14. The predicted molar refractivity (Wildman–Crippen MR) is 95.9 cm³/mol. The Labute approximate surface area is 147 Å². The molecule has 0 unspecified atom stereocenters. The first kappa shape index (κ1) is 18.3. The molecule has 2 rings (SSSR count). The summed E-state index contributed by atoms with van der Waals surface area (Å²) in [5.74, 6) is -0.331. The molecule has 2 aromatic rings. The van der Waals surface area contributed by atoms with Crippen LogP contribution in [0.4, 0.5) is 5.69 Å². The van der Waals surface area contributed by atoms with Gasteiger partial charge in [-0.3, -0.25) is 9.52 Å². The Morgan fingerprint density at radius 3 is 2.33 bits per heavy atom. The molecule has 1 amide bonds. The van der Waals surface area contributed by atoms with Gasteiger partial charge >= 0.3 is 0 Å². The Kier molecular flexibility index (Phi) is 5.20. The number of sulfonamides is 1. The zero-order valence-corrected chi connectivity index (χ0v) is 15.2. The number of benzene rings is 2. The average Bonchev–Trinajstić information content (AvgIpc) is 2.45. The Morgan fingerprint density at radius 2 is 1.71 bits per heavy atom. The van der Waals surface area contributed by atoms with Crippen LogP contribution < -0.4 is 10.0 Å². The molecule has 2 aromatic carbocycles. The molecule has 7 heteroatoms. The van der Waals surface area contributed by atoms with E-state index in [9.17, 15) is 13.2 Å². The van der Waals surface area contributed by atoms with Crippen LogP contribution in [0.25, 0.3) is 0 Å². The van der Waals surface area contributed by atoms with Gasteiger partial charge in [-0.15, -0.1) is 0 Å². The molecule has 0 saturated heterocycles. The van der Waals surface area contributed by atoms with E-state index in [1.807, 2.05) is 20.8 Å². The summed E-state index contributed by atoms with van der Waals surface area (Å²) in [6, 6.07) is 12.3. The molecule has 0 aromatic heterocycles. The lowest BCUT2D eigenvalue weighted by Crippen LogP contribution is -2.40. The van der Waals surface area contributed by atoms with Crippen LogP contribution in [-0.2, 0) is 10.0 Å². The quantitative estimate of drug-likeness (QED) is 0.866. The van der Waals surface area contributed by atoms with Crippen LogP contribution in [0.1, 0.15) is 31.1 Å². The number of hydrogen-bond donors (Lipinski definition) is 2. The number of nitrogens with one attached hydrogen (secondary N) is 2. The van der Waals surface area contributed by atoms with Gasteiger partial charge in [0.1, 0.15) is 0 Å². The molecule has 0 heterocycles. The van der Waals surface area contributed by atoms with E-state index in [2.05, 4.69) is 10.0 Å². The van der Waals surface area contributed by atoms with Gasteiger partial charge in [0.15, 0.2) is 0 Å². The molecule has 0 aliphatic heterocycles. The predicted octanol–water partition coefficient (Wildman–Crippen LogP) is 3.67. The minimum atomic E-state index is -3.82. The first-order chi connectivity index (χ1) is 11.1. The summed E-state index contributed by atoms with van der Waals surface area (Å²) in [5.41, 5.74) is 0.219. The Bertz CT molecular complexity index is 858. The van der Waals surface area contributed by atoms with Crippen LogP contribution in [0, 0.1) is 0 Å². The van der Waals surface area contributed by atoms with E-state index >= 15 is 0 Å². The van der Waals surface area contributed by atoms with Gasteiger partial charge in [0.2, 0.25) is 0 Å². The third-order valence-electron chi connectivity index (χ3n) is 2.97. The number of rotatable bonds is 4. The van der Waals surface area contributed by atoms with Crippen molar-refractivity contribution in [2.75, 3.05) is 4.72 Å². The Balaban J connectivity index is 2.28. The highest BCUT2D eigenvalue weighted by atomic mass is 35.5. The maximum Gasteiger partial charge on any atom is 0.261 e. The molecule has 0 spiro atoms. The van der Waals surface area contributed by atoms with Gasteiger partial charge in [0.05, 0.1) is 10.6 Å². The lowest BCUT2D eigenvalue weighted by Gasteiger charge is -2.20. The van der Waals surface area contributed by atoms with Crippen molar-refractivity contribution in [2.45, 2.75) is 31.2 Å². The summed E-state index contributed by atoms with van der Waals surface area (Å²) >= 11 is 5.86. The van der Waals surface area contributed by atoms with Gasteiger partial charge < -0.3 is 5.32 Å². The molecule has 24 heavy (non-hydrogen) atoms. The second-order valence-electron chi connectivity index (χ2n) is 6.35. The summed E-state index contributed by atoms with van der Waals surface area (Å²) < 4.78 is 27.4. The number of carbonyl (C=O) groups is 1. The molecule has 0 aliphatic rings. The van der Waals surface area contributed by atoms with E-state index in [0.717, 1.165) is 0 Å². The lowest BCUT2D eigenvalue weighted by molar-refractivity contribution is 0.0919. The molecule has 2 N–H and O–H groups in total. The van der Waals surface area contributed by atoms with Crippen molar-refractivity contribution in [1.29, 1.82) is 0 Å². The minimum absolute atomic E-state index is 0.00374. The second-order valence-corrected chi connectivity index (χ2v) is 8.47. The Hall–Kier alpha value is -2.05. The second kappa shape index (κ2) is 6.83. The number of halogens is 1. The highest BCUT2D eigenvalue weighted by molar-refractivity contribution is 7.92. The standard InChI is InChI=1S/C17H19ClN2O3S/c1-17(2,3)19-16(21)12-6-4-9-15(10-12)24(22,23)20-14-8-5-7-13(18)11-14/h4-11,20H,1-3H3,(H,19,21). The van der Waals surface area contributed by atoms with Crippen molar-refractivity contribution in [3.05, 3.63) is 59.1 Å². The van der Waals surface area contributed by atoms with E-state index in [0.29, 0.717) is 10.7 Å². The Morgan fingerprint density at radius 1 is 1.04 bits per heavy atom. The highest BCUT2D eigenvalue weighted by Gasteiger charge is 2.19. The van der Waals surface area contributed by atoms with Gasteiger partial charge in [0.25, 0.3) is 15.9 Å². The first-order valence-electron chi connectivity index (χ1n) is 7.28. The van der Waals surface area contributed by atoms with E-state index < -0.39 is 15.6 Å². The number of amides is 1. The topological polar surface area (TPSA) is 75.3 Å². The molecule has 0 saturated carbocycles. The van der Waals surface area contributed by atoms with Gasteiger partial charge in [-0.05, 0) is 57.2 Å². The fraction of sp³-hybridized carbons (Fsp3) is 0.235. The highest BCUT2D eigenvalue weighted by Crippen LogP contribution is 2.20.